The fraction of sp³-hybridized carbons (Fsp3) is 0.375. The molecule has 0 radical (unpaired) electrons. The number of carboxylic acids is 1. The van der Waals surface area contributed by atoms with E-state index in [1.165, 1.54) is 33.1 Å². The van der Waals surface area contributed by atoms with Crippen molar-refractivity contribution < 1.29 is 24.2 Å². The summed E-state index contributed by atoms with van der Waals surface area (Å²) in [6.07, 6.45) is 2.19. The Morgan fingerprint density at radius 3 is 2.45 bits per heavy atom. The molecule has 0 aliphatic rings. The van der Waals surface area contributed by atoms with Gasteiger partial charge in [0.1, 0.15) is 6.04 Å². The first kappa shape index (κ1) is 17.6. The molecule has 1 aromatic carbocycles. The van der Waals surface area contributed by atoms with Crippen LogP contribution in [0.15, 0.2) is 24.8 Å². The van der Waals surface area contributed by atoms with Crippen LogP contribution >= 0.6 is 0 Å². The first-order chi connectivity index (χ1) is 10.4. The SMILES string of the molecule is C=CCc1cc(C(=O)N(C)C(C)C(=O)O)cc(OC)c1OC. The molecule has 22 heavy (non-hydrogen) atoms. The van der Waals surface area contributed by atoms with Gasteiger partial charge >= 0.3 is 5.97 Å². The van der Waals surface area contributed by atoms with E-state index in [4.69, 9.17) is 14.6 Å². The van der Waals surface area contributed by atoms with E-state index in [0.29, 0.717) is 23.5 Å². The number of nitrogens with zero attached hydrogens (tertiary/aromatic N) is 1. The molecule has 0 saturated heterocycles. The van der Waals surface area contributed by atoms with E-state index in [9.17, 15) is 9.59 Å². The lowest BCUT2D eigenvalue weighted by Gasteiger charge is -2.22. The number of carbonyl (C=O) groups is 2. The van der Waals surface area contributed by atoms with Crippen LogP contribution in [0, 0.1) is 0 Å². The molecule has 0 aliphatic carbocycles. The van der Waals surface area contributed by atoms with Gasteiger partial charge in [-0.15, -0.1) is 6.58 Å². The van der Waals surface area contributed by atoms with Crippen molar-refractivity contribution in [1.82, 2.24) is 4.90 Å². The normalized spacial score (nSPS) is 11.5. The van der Waals surface area contributed by atoms with Gasteiger partial charge < -0.3 is 19.5 Å². The smallest absolute Gasteiger partial charge is 0.326 e. The molecular weight excluding hydrogens is 286 g/mol. The Labute approximate surface area is 129 Å². The lowest BCUT2D eigenvalue weighted by molar-refractivity contribution is -0.141. The first-order valence-corrected chi connectivity index (χ1v) is 6.73. The quantitative estimate of drug-likeness (QED) is 0.780. The third-order valence-electron chi connectivity index (χ3n) is 3.43. The average molecular weight is 307 g/mol. The summed E-state index contributed by atoms with van der Waals surface area (Å²) in [4.78, 5) is 24.6. The number of allylic oxidation sites excluding steroid dienone is 1. The minimum atomic E-state index is -1.07. The van der Waals surface area contributed by atoms with Gasteiger partial charge in [0.25, 0.3) is 5.91 Å². The van der Waals surface area contributed by atoms with Gasteiger partial charge in [-0.05, 0) is 25.5 Å². The molecule has 1 rings (SSSR count). The van der Waals surface area contributed by atoms with Gasteiger partial charge in [0.2, 0.25) is 0 Å². The fourth-order valence-corrected chi connectivity index (χ4v) is 2.02. The first-order valence-electron chi connectivity index (χ1n) is 6.73. The molecule has 0 aliphatic heterocycles. The van der Waals surface area contributed by atoms with Crippen LogP contribution in [0.1, 0.15) is 22.8 Å². The number of hydrogen-bond donors (Lipinski definition) is 1. The molecule has 1 N–H and O–H groups in total. The molecule has 1 atom stereocenters. The molecule has 1 aromatic rings. The molecule has 6 heteroatoms. The second-order valence-electron chi connectivity index (χ2n) is 4.79. The number of aliphatic carboxylic acids is 1. The van der Waals surface area contributed by atoms with Gasteiger partial charge in [0.05, 0.1) is 14.2 Å². The van der Waals surface area contributed by atoms with E-state index in [-0.39, 0.29) is 0 Å². The molecule has 0 heterocycles. The van der Waals surface area contributed by atoms with Gasteiger partial charge in [-0.3, -0.25) is 4.79 Å². The van der Waals surface area contributed by atoms with Gasteiger partial charge in [-0.2, -0.15) is 0 Å². The van der Waals surface area contributed by atoms with Gasteiger partial charge in [-0.1, -0.05) is 6.08 Å². The Bertz CT molecular complexity index is 582. The zero-order valence-electron chi connectivity index (χ0n) is 13.3. The predicted octanol–water partition coefficient (Wildman–Crippen LogP) is 1.98. The molecule has 1 amide bonds. The number of carboxylic acid groups (broad SMARTS) is 1. The fourth-order valence-electron chi connectivity index (χ4n) is 2.02. The number of likely N-dealkylation sites (N-methyl/N-ethyl adjacent to an activating group) is 1. The summed E-state index contributed by atoms with van der Waals surface area (Å²) in [5, 5.41) is 9.02. The maximum absolute atomic E-state index is 12.5. The molecule has 0 aromatic heterocycles. The van der Waals surface area contributed by atoms with Gasteiger partial charge in [0, 0.05) is 18.2 Å². The summed E-state index contributed by atoms with van der Waals surface area (Å²) >= 11 is 0. The van der Waals surface area contributed by atoms with Gasteiger partial charge in [-0.25, -0.2) is 4.79 Å². The van der Waals surface area contributed by atoms with Crippen molar-refractivity contribution in [3.63, 3.8) is 0 Å². The van der Waals surface area contributed by atoms with E-state index in [0.717, 1.165) is 5.56 Å². The van der Waals surface area contributed by atoms with Gasteiger partial charge in [0.15, 0.2) is 11.5 Å². The van der Waals surface area contributed by atoms with Crippen molar-refractivity contribution in [3.8, 4) is 11.5 Å². The van der Waals surface area contributed by atoms with E-state index in [1.807, 2.05) is 0 Å². The van der Waals surface area contributed by atoms with Crippen molar-refractivity contribution in [1.29, 1.82) is 0 Å². The number of amides is 1. The second-order valence-corrected chi connectivity index (χ2v) is 4.79. The molecular formula is C16H21NO5. The number of carbonyl (C=O) groups excluding carboxylic acids is 1. The number of rotatable bonds is 7. The summed E-state index contributed by atoms with van der Waals surface area (Å²) in [5.41, 5.74) is 1.08. The van der Waals surface area contributed by atoms with Crippen molar-refractivity contribution in [2.75, 3.05) is 21.3 Å². The van der Waals surface area contributed by atoms with Crippen molar-refractivity contribution in [2.45, 2.75) is 19.4 Å². The molecule has 0 bridgehead atoms. The van der Waals surface area contributed by atoms with Crippen molar-refractivity contribution in [2.24, 2.45) is 0 Å². The molecule has 0 fully saturated rings. The van der Waals surface area contributed by atoms with Crippen LogP contribution in [-0.2, 0) is 11.2 Å². The summed E-state index contributed by atoms with van der Waals surface area (Å²) in [6.45, 7) is 5.13. The van der Waals surface area contributed by atoms with Crippen LogP contribution in [0.3, 0.4) is 0 Å². The van der Waals surface area contributed by atoms with Crippen LogP contribution < -0.4 is 9.47 Å². The number of hydrogen-bond acceptors (Lipinski definition) is 4. The Morgan fingerprint density at radius 2 is 2.00 bits per heavy atom. The predicted molar refractivity (Wildman–Crippen MR) is 82.6 cm³/mol. The van der Waals surface area contributed by atoms with E-state index in [2.05, 4.69) is 6.58 Å². The molecule has 6 nitrogen and oxygen atoms in total. The zero-order valence-corrected chi connectivity index (χ0v) is 13.3. The molecule has 120 valence electrons. The average Bonchev–Trinajstić information content (AvgIpc) is 2.51. The van der Waals surface area contributed by atoms with E-state index in [1.54, 1.807) is 18.2 Å². The number of benzene rings is 1. The highest BCUT2D eigenvalue weighted by atomic mass is 16.5. The van der Waals surface area contributed by atoms with Crippen LogP contribution in [0.2, 0.25) is 0 Å². The summed E-state index contributed by atoms with van der Waals surface area (Å²) in [6, 6.07) is 2.28. The summed E-state index contributed by atoms with van der Waals surface area (Å²) in [7, 11) is 4.45. The Hall–Kier alpha value is -2.50. The standard InChI is InChI=1S/C16H21NO5/c1-6-7-11-8-12(9-13(21-4)14(11)22-5)15(18)17(3)10(2)16(19)20/h6,8-10H,1,7H2,2-5H3,(H,19,20). The summed E-state index contributed by atoms with van der Waals surface area (Å²) < 4.78 is 10.6. The Balaban J connectivity index is 3.29. The maximum Gasteiger partial charge on any atom is 0.326 e. The maximum atomic E-state index is 12.5. The Morgan fingerprint density at radius 1 is 1.36 bits per heavy atom. The topological polar surface area (TPSA) is 76.1 Å². The third-order valence-corrected chi connectivity index (χ3v) is 3.43. The number of ether oxygens (including phenoxy) is 2. The minimum absolute atomic E-state index is 0.338. The van der Waals surface area contributed by atoms with Crippen molar-refractivity contribution in [3.05, 3.63) is 35.9 Å². The van der Waals surface area contributed by atoms with Crippen LogP contribution in [-0.4, -0.2) is 49.2 Å². The molecule has 1 unspecified atom stereocenters. The lowest BCUT2D eigenvalue weighted by atomic mass is 10.0. The highest BCUT2D eigenvalue weighted by Crippen LogP contribution is 2.33. The molecule has 0 spiro atoms. The second kappa shape index (κ2) is 7.49. The lowest BCUT2D eigenvalue weighted by Crippen LogP contribution is -2.40. The van der Waals surface area contributed by atoms with Crippen LogP contribution in [0.25, 0.3) is 0 Å². The Kier molecular flexibility index (Phi) is 5.98. The zero-order chi connectivity index (χ0) is 16.9. The largest absolute Gasteiger partial charge is 0.493 e. The summed E-state index contributed by atoms with van der Waals surface area (Å²) in [5.74, 6) is -0.515. The van der Waals surface area contributed by atoms with E-state index < -0.39 is 17.9 Å². The number of methoxy groups -OCH3 is 2. The highest BCUT2D eigenvalue weighted by molar-refractivity contribution is 5.97. The highest BCUT2D eigenvalue weighted by Gasteiger charge is 2.24. The molecule has 0 saturated carbocycles. The monoisotopic (exact) mass is 307 g/mol. The minimum Gasteiger partial charge on any atom is -0.493 e. The van der Waals surface area contributed by atoms with E-state index >= 15 is 0 Å². The third kappa shape index (κ3) is 3.58. The van der Waals surface area contributed by atoms with Crippen LogP contribution in [0.4, 0.5) is 0 Å². The van der Waals surface area contributed by atoms with Crippen LogP contribution in [0.5, 0.6) is 11.5 Å². The van der Waals surface area contributed by atoms with Crippen molar-refractivity contribution >= 4 is 11.9 Å².